The highest BCUT2D eigenvalue weighted by atomic mass is 31.3. The summed E-state index contributed by atoms with van der Waals surface area (Å²) in [7, 11) is -16.7. The van der Waals surface area contributed by atoms with Gasteiger partial charge in [0, 0.05) is 19.5 Å². The number of ether oxygens (including phenoxy) is 1. The normalized spacial score (nSPS) is 25.1. The predicted octanol–water partition coefficient (Wildman–Crippen LogP) is -1.51. The molecule has 2 rings (SSSR count). The monoisotopic (exact) mass is 525 g/mol. The van der Waals surface area contributed by atoms with Crippen molar-refractivity contribution in [1.82, 2.24) is 9.55 Å². The lowest BCUT2D eigenvalue weighted by Crippen LogP contribution is -2.34. The van der Waals surface area contributed by atoms with Crippen LogP contribution < -0.4 is 16.6 Å². The van der Waals surface area contributed by atoms with E-state index >= 15 is 0 Å². The number of aromatic nitrogens is 2. The summed E-state index contributed by atoms with van der Waals surface area (Å²) in [6.45, 7) is 0.168. The van der Waals surface area contributed by atoms with Gasteiger partial charge in [0.25, 0.3) is 5.56 Å². The van der Waals surface area contributed by atoms with Crippen molar-refractivity contribution < 1.29 is 61.1 Å². The van der Waals surface area contributed by atoms with Crippen LogP contribution in [0, 0.1) is 0 Å². The average molecular weight is 525 g/mol. The molecule has 1 fully saturated rings. The Morgan fingerprint density at radius 3 is 2.41 bits per heavy atom. The van der Waals surface area contributed by atoms with Crippen molar-refractivity contribution in [3.8, 4) is 0 Å². The van der Waals surface area contributed by atoms with E-state index in [9.17, 15) is 38.1 Å². The van der Waals surface area contributed by atoms with Gasteiger partial charge in [0.15, 0.2) is 0 Å². The number of aliphatic hydroxyl groups excluding tert-OH is 1. The number of carbonyl (C=O) groups is 1. The summed E-state index contributed by atoms with van der Waals surface area (Å²) >= 11 is 0. The second kappa shape index (κ2) is 9.77. The fraction of sp³-hybridized carbons (Fsp3) is 0.545. The highest BCUT2D eigenvalue weighted by molar-refractivity contribution is 7.66. The maximum atomic E-state index is 12.0. The van der Waals surface area contributed by atoms with Crippen LogP contribution in [-0.4, -0.2) is 59.0 Å². The Balaban J connectivity index is 2.08. The van der Waals surface area contributed by atoms with Crippen LogP contribution in [0.3, 0.4) is 0 Å². The minimum Gasteiger partial charge on any atom is -0.390 e. The number of H-pyrrole nitrogens is 1. The van der Waals surface area contributed by atoms with Gasteiger partial charge in [-0.05, 0) is 0 Å². The second-order valence-electron chi connectivity index (χ2n) is 6.21. The van der Waals surface area contributed by atoms with Crippen LogP contribution in [0.1, 0.15) is 19.6 Å². The van der Waals surface area contributed by atoms with Gasteiger partial charge in [-0.15, -0.1) is 0 Å². The van der Waals surface area contributed by atoms with E-state index < -0.39 is 65.7 Å². The topological polar surface area (TPSA) is 273 Å². The zero-order valence-electron chi connectivity index (χ0n) is 15.8. The number of rotatable bonds is 9. The summed E-state index contributed by atoms with van der Waals surface area (Å²) in [6.07, 6.45) is -3.36. The van der Waals surface area contributed by atoms with Gasteiger partial charge in [0.1, 0.15) is 18.0 Å². The zero-order valence-corrected chi connectivity index (χ0v) is 18.5. The summed E-state index contributed by atoms with van der Waals surface area (Å²) in [5.74, 6) is -0.609. The summed E-state index contributed by atoms with van der Waals surface area (Å²) < 4.78 is 51.2. The molecule has 1 saturated heterocycles. The molecule has 0 radical (unpaired) electrons. The van der Waals surface area contributed by atoms with Gasteiger partial charge in [-0.3, -0.25) is 23.7 Å². The first-order valence-electron chi connectivity index (χ1n) is 8.23. The lowest BCUT2D eigenvalue weighted by molar-refractivity contribution is -0.114. The molecular formula is C11H18N3O15P3. The van der Waals surface area contributed by atoms with Crippen molar-refractivity contribution >= 4 is 35.1 Å². The van der Waals surface area contributed by atoms with Crippen LogP contribution >= 0.6 is 23.5 Å². The Bertz CT molecular complexity index is 1120. The molecule has 1 aromatic heterocycles. The molecule has 1 aromatic rings. The van der Waals surface area contributed by atoms with Crippen molar-refractivity contribution in [2.45, 2.75) is 31.8 Å². The molecule has 182 valence electrons. The Labute approximate surface area is 177 Å². The Morgan fingerprint density at radius 2 is 1.84 bits per heavy atom. The standard InChI is InChI=1S/C11H18N3O15P3/c1-5(15)12-6-3-14(11(18)13-10(6)17)9-2-7(16)8(27-9)4-26-31(22,23)29-32(24,25)28-30(19,20)21/h3,7-9,16H,2,4H2,1H3,(H,12,15)(H,22,23)(H,24,25)(H,13,17,18)(H2,19,20,21)/t7-,8+,9+/m0/s1. The Kier molecular flexibility index (Phi) is 8.16. The molecule has 0 spiro atoms. The predicted molar refractivity (Wildman–Crippen MR) is 100.0 cm³/mol. The van der Waals surface area contributed by atoms with Crippen LogP contribution in [0.4, 0.5) is 5.69 Å². The molecule has 21 heteroatoms. The van der Waals surface area contributed by atoms with E-state index in [0.29, 0.717) is 0 Å². The number of phosphoric acid groups is 3. The van der Waals surface area contributed by atoms with Crippen molar-refractivity contribution in [2.24, 2.45) is 0 Å². The maximum Gasteiger partial charge on any atom is 0.490 e. The lowest BCUT2D eigenvalue weighted by Gasteiger charge is -2.19. The number of carbonyl (C=O) groups excluding carboxylic acids is 1. The van der Waals surface area contributed by atoms with Crippen LogP contribution in [0.2, 0.25) is 0 Å². The first-order chi connectivity index (χ1) is 14.5. The highest BCUT2D eigenvalue weighted by Crippen LogP contribution is 2.66. The van der Waals surface area contributed by atoms with E-state index in [-0.39, 0.29) is 12.1 Å². The van der Waals surface area contributed by atoms with Crippen molar-refractivity contribution in [1.29, 1.82) is 0 Å². The molecule has 32 heavy (non-hydrogen) atoms. The number of amides is 1. The van der Waals surface area contributed by atoms with Crippen LogP contribution in [-0.2, 0) is 36.4 Å². The molecule has 1 aliphatic heterocycles. The van der Waals surface area contributed by atoms with Crippen molar-refractivity contribution in [2.75, 3.05) is 11.9 Å². The Morgan fingerprint density at radius 1 is 1.22 bits per heavy atom. The van der Waals surface area contributed by atoms with Gasteiger partial charge >= 0.3 is 29.2 Å². The molecule has 0 aromatic carbocycles. The highest BCUT2D eigenvalue weighted by Gasteiger charge is 2.43. The van der Waals surface area contributed by atoms with E-state index in [1.165, 1.54) is 0 Å². The number of aliphatic hydroxyl groups is 1. The molecule has 2 heterocycles. The number of hydrogen-bond acceptors (Lipinski definition) is 11. The number of nitrogens with one attached hydrogen (secondary N) is 2. The smallest absolute Gasteiger partial charge is 0.390 e. The number of aromatic amines is 1. The van der Waals surface area contributed by atoms with E-state index in [2.05, 4.69) is 18.5 Å². The Hall–Kier alpha value is -1.52. The van der Waals surface area contributed by atoms with Crippen LogP contribution in [0.15, 0.2) is 15.8 Å². The number of anilines is 1. The molecule has 0 bridgehead atoms. The van der Waals surface area contributed by atoms with E-state index in [0.717, 1.165) is 17.7 Å². The number of nitrogens with zero attached hydrogens (tertiary/aromatic N) is 1. The maximum absolute atomic E-state index is 12.0. The molecule has 18 nitrogen and oxygen atoms in total. The van der Waals surface area contributed by atoms with Crippen LogP contribution in [0.25, 0.3) is 0 Å². The lowest BCUT2D eigenvalue weighted by atomic mass is 10.2. The molecular weight excluding hydrogens is 507 g/mol. The number of hydrogen-bond donors (Lipinski definition) is 7. The second-order valence-corrected chi connectivity index (χ2v) is 10.6. The van der Waals surface area contributed by atoms with Gasteiger partial charge in [0.2, 0.25) is 5.91 Å². The summed E-state index contributed by atoms with van der Waals surface area (Å²) in [4.78, 5) is 72.3. The third kappa shape index (κ3) is 7.81. The molecule has 0 aliphatic carbocycles. The average Bonchev–Trinajstić information content (AvgIpc) is 2.92. The van der Waals surface area contributed by atoms with Crippen molar-refractivity contribution in [3.05, 3.63) is 27.0 Å². The molecule has 0 saturated carbocycles. The summed E-state index contributed by atoms with van der Waals surface area (Å²) in [6, 6.07) is 0. The van der Waals surface area contributed by atoms with E-state index in [4.69, 9.17) is 19.4 Å². The SMILES string of the molecule is CC(=O)Nc1cn([C@H]2C[C@H](O)[C@@H](COP(=O)(O)OP(=O)(O)OP(=O)(O)O)O2)c(=O)[nH]c1=O. The van der Waals surface area contributed by atoms with Gasteiger partial charge in [-0.2, -0.15) is 8.62 Å². The fourth-order valence-electron chi connectivity index (χ4n) is 2.48. The third-order valence-electron chi connectivity index (χ3n) is 3.61. The molecule has 2 unspecified atom stereocenters. The first-order valence-corrected chi connectivity index (χ1v) is 12.7. The van der Waals surface area contributed by atoms with E-state index in [1.807, 2.05) is 4.98 Å². The van der Waals surface area contributed by atoms with Gasteiger partial charge in [-0.1, -0.05) is 0 Å². The molecule has 1 aliphatic rings. The van der Waals surface area contributed by atoms with Crippen LogP contribution in [0.5, 0.6) is 0 Å². The van der Waals surface area contributed by atoms with Gasteiger partial charge in [0.05, 0.1) is 12.7 Å². The third-order valence-corrected chi connectivity index (χ3v) is 7.41. The first kappa shape index (κ1) is 26.7. The largest absolute Gasteiger partial charge is 0.490 e. The quantitative estimate of drug-likeness (QED) is 0.180. The minimum absolute atomic E-state index is 0.282. The summed E-state index contributed by atoms with van der Waals surface area (Å²) in [5, 5.41) is 12.2. The van der Waals surface area contributed by atoms with Gasteiger partial charge in [-0.25, -0.2) is 18.5 Å². The molecule has 1 amide bonds. The van der Waals surface area contributed by atoms with Crippen molar-refractivity contribution in [3.63, 3.8) is 0 Å². The van der Waals surface area contributed by atoms with E-state index in [1.54, 1.807) is 0 Å². The number of phosphoric ester groups is 1. The van der Waals surface area contributed by atoms with Gasteiger partial charge < -0.3 is 34.7 Å². The molecule has 5 atom stereocenters. The summed E-state index contributed by atoms with van der Waals surface area (Å²) in [5.41, 5.74) is -2.16. The fourth-order valence-corrected chi connectivity index (χ4v) is 5.51. The zero-order chi connectivity index (χ0) is 24.5. The molecule has 7 N–H and O–H groups in total. The minimum atomic E-state index is -5.72.